The monoisotopic (exact) mass is 260 g/mol. The van der Waals surface area contributed by atoms with Crippen LogP contribution in [0, 0.1) is 5.92 Å². The van der Waals surface area contributed by atoms with Gasteiger partial charge in [0.15, 0.2) is 0 Å². The molecule has 1 aromatic carbocycles. The predicted molar refractivity (Wildman–Crippen MR) is 72.8 cm³/mol. The summed E-state index contributed by atoms with van der Waals surface area (Å²) >= 11 is 0. The number of nitrogens with one attached hydrogen (secondary N) is 1. The molecule has 0 radical (unpaired) electrons. The molecule has 19 heavy (non-hydrogen) atoms. The lowest BCUT2D eigenvalue weighted by atomic mass is 10.1. The zero-order valence-corrected chi connectivity index (χ0v) is 11.4. The van der Waals surface area contributed by atoms with Crippen LogP contribution in [0.2, 0.25) is 0 Å². The first-order chi connectivity index (χ1) is 9.20. The summed E-state index contributed by atoms with van der Waals surface area (Å²) in [7, 11) is 1.66. The van der Waals surface area contributed by atoms with E-state index in [1.54, 1.807) is 7.11 Å². The average molecular weight is 260 g/mol. The Labute approximate surface area is 113 Å². The Morgan fingerprint density at radius 1 is 1.42 bits per heavy atom. The molecule has 2 fully saturated rings. The van der Waals surface area contributed by atoms with E-state index in [1.165, 1.54) is 12.8 Å². The van der Waals surface area contributed by atoms with Crippen LogP contribution in [0.15, 0.2) is 24.3 Å². The van der Waals surface area contributed by atoms with Gasteiger partial charge >= 0.3 is 0 Å². The van der Waals surface area contributed by atoms with Crippen LogP contribution in [0.25, 0.3) is 0 Å². The Hall–Kier alpha value is -1.55. The number of hydrogen-bond donors (Lipinski definition) is 1. The molecule has 2 aliphatic rings. The number of carbonyl (C=O) groups excluding carboxylic acids is 1. The summed E-state index contributed by atoms with van der Waals surface area (Å²) in [5, 5.41) is 3.31. The van der Waals surface area contributed by atoms with Gasteiger partial charge in [0.2, 0.25) is 5.91 Å². The SMILES string of the molecule is COc1cccc(C2NCC(=O)N2C(C)C2CC2)c1. The van der Waals surface area contributed by atoms with Crippen molar-refractivity contribution in [1.29, 1.82) is 0 Å². The maximum absolute atomic E-state index is 12.1. The van der Waals surface area contributed by atoms with Gasteiger partial charge in [-0.25, -0.2) is 0 Å². The third-order valence-corrected chi connectivity index (χ3v) is 4.17. The number of rotatable bonds is 4. The summed E-state index contributed by atoms with van der Waals surface area (Å²) in [6.45, 7) is 2.59. The molecule has 1 N–H and O–H groups in total. The number of nitrogens with zero attached hydrogens (tertiary/aromatic N) is 1. The Kier molecular flexibility index (Phi) is 3.19. The van der Waals surface area contributed by atoms with Crippen LogP contribution in [0.3, 0.4) is 0 Å². The van der Waals surface area contributed by atoms with Crippen molar-refractivity contribution in [1.82, 2.24) is 10.2 Å². The standard InChI is InChI=1S/C15H20N2O2/c1-10(11-6-7-11)17-14(18)9-16-15(17)12-4-3-5-13(8-12)19-2/h3-5,8,10-11,15-16H,6-7,9H2,1-2H3. The van der Waals surface area contributed by atoms with Gasteiger partial charge < -0.3 is 9.64 Å². The van der Waals surface area contributed by atoms with Gasteiger partial charge in [-0.3, -0.25) is 10.1 Å². The summed E-state index contributed by atoms with van der Waals surface area (Å²) in [5.74, 6) is 1.71. The molecule has 3 rings (SSSR count). The van der Waals surface area contributed by atoms with E-state index in [2.05, 4.69) is 12.2 Å². The van der Waals surface area contributed by atoms with Crippen LogP contribution in [0.1, 0.15) is 31.5 Å². The van der Waals surface area contributed by atoms with Gasteiger partial charge in [0, 0.05) is 6.04 Å². The van der Waals surface area contributed by atoms with Gasteiger partial charge in [0.05, 0.1) is 13.7 Å². The average Bonchev–Trinajstić information content (AvgIpc) is 3.21. The van der Waals surface area contributed by atoms with Crippen molar-refractivity contribution in [3.63, 3.8) is 0 Å². The predicted octanol–water partition coefficient (Wildman–Crippen LogP) is 1.92. The number of benzene rings is 1. The zero-order chi connectivity index (χ0) is 13.4. The molecule has 1 aliphatic carbocycles. The maximum Gasteiger partial charge on any atom is 0.238 e. The molecule has 1 saturated heterocycles. The molecule has 1 aliphatic heterocycles. The molecule has 4 nitrogen and oxygen atoms in total. The molecular formula is C15H20N2O2. The lowest BCUT2D eigenvalue weighted by molar-refractivity contribution is -0.130. The number of methoxy groups -OCH3 is 1. The van der Waals surface area contributed by atoms with Crippen molar-refractivity contribution in [2.75, 3.05) is 13.7 Å². The van der Waals surface area contributed by atoms with Crippen molar-refractivity contribution < 1.29 is 9.53 Å². The first kappa shape index (κ1) is 12.5. The van der Waals surface area contributed by atoms with Gasteiger partial charge in [0.25, 0.3) is 0 Å². The van der Waals surface area contributed by atoms with E-state index in [9.17, 15) is 4.79 Å². The first-order valence-electron chi connectivity index (χ1n) is 6.89. The number of hydrogen-bond acceptors (Lipinski definition) is 3. The highest BCUT2D eigenvalue weighted by molar-refractivity contribution is 5.81. The molecule has 1 aromatic rings. The van der Waals surface area contributed by atoms with E-state index >= 15 is 0 Å². The van der Waals surface area contributed by atoms with Gasteiger partial charge in [-0.05, 0) is 43.4 Å². The minimum atomic E-state index is -0.0156. The smallest absolute Gasteiger partial charge is 0.238 e. The van der Waals surface area contributed by atoms with Crippen molar-refractivity contribution in [2.24, 2.45) is 5.92 Å². The fourth-order valence-corrected chi connectivity index (χ4v) is 2.88. The minimum absolute atomic E-state index is 0.0156. The molecule has 2 unspecified atom stereocenters. The molecule has 4 heteroatoms. The molecule has 2 atom stereocenters. The van der Waals surface area contributed by atoms with E-state index in [0.717, 1.165) is 11.3 Å². The first-order valence-corrected chi connectivity index (χ1v) is 6.89. The normalized spacial score (nSPS) is 24.6. The highest BCUT2D eigenvalue weighted by atomic mass is 16.5. The third-order valence-electron chi connectivity index (χ3n) is 4.17. The second-order valence-corrected chi connectivity index (χ2v) is 5.44. The quantitative estimate of drug-likeness (QED) is 0.899. The fraction of sp³-hybridized carbons (Fsp3) is 0.533. The van der Waals surface area contributed by atoms with Gasteiger partial charge in [-0.1, -0.05) is 12.1 Å². The molecular weight excluding hydrogens is 240 g/mol. The molecule has 1 heterocycles. The van der Waals surface area contributed by atoms with Crippen molar-refractivity contribution in [2.45, 2.75) is 32.0 Å². The Morgan fingerprint density at radius 3 is 2.89 bits per heavy atom. The second kappa shape index (κ2) is 4.85. The van der Waals surface area contributed by atoms with Crippen LogP contribution >= 0.6 is 0 Å². The summed E-state index contributed by atoms with van der Waals surface area (Å²) in [6, 6.07) is 8.26. The molecule has 1 saturated carbocycles. The van der Waals surface area contributed by atoms with Crippen LogP contribution < -0.4 is 10.1 Å². The van der Waals surface area contributed by atoms with Crippen LogP contribution in [-0.4, -0.2) is 30.5 Å². The van der Waals surface area contributed by atoms with Gasteiger partial charge in [-0.15, -0.1) is 0 Å². The van der Waals surface area contributed by atoms with E-state index < -0.39 is 0 Å². The second-order valence-electron chi connectivity index (χ2n) is 5.44. The van der Waals surface area contributed by atoms with Crippen molar-refractivity contribution in [3.8, 4) is 5.75 Å². The molecule has 102 valence electrons. The summed E-state index contributed by atoms with van der Waals surface area (Å²) in [5.41, 5.74) is 1.10. The van der Waals surface area contributed by atoms with Crippen LogP contribution in [-0.2, 0) is 4.79 Å². The van der Waals surface area contributed by atoms with E-state index in [4.69, 9.17) is 4.74 Å². The topological polar surface area (TPSA) is 41.6 Å². The Bertz CT molecular complexity index is 485. The summed E-state index contributed by atoms with van der Waals surface area (Å²) in [4.78, 5) is 14.1. The van der Waals surface area contributed by atoms with E-state index in [0.29, 0.717) is 18.5 Å². The Balaban J connectivity index is 1.86. The van der Waals surface area contributed by atoms with Crippen molar-refractivity contribution >= 4 is 5.91 Å². The number of amides is 1. The van der Waals surface area contributed by atoms with E-state index in [-0.39, 0.29) is 12.1 Å². The fourth-order valence-electron chi connectivity index (χ4n) is 2.88. The summed E-state index contributed by atoms with van der Waals surface area (Å²) in [6.07, 6.45) is 2.48. The molecule has 0 aromatic heterocycles. The van der Waals surface area contributed by atoms with Crippen LogP contribution in [0.4, 0.5) is 0 Å². The highest BCUT2D eigenvalue weighted by Crippen LogP contribution is 2.39. The molecule has 0 spiro atoms. The minimum Gasteiger partial charge on any atom is -0.497 e. The Morgan fingerprint density at radius 2 is 2.21 bits per heavy atom. The molecule has 1 amide bonds. The maximum atomic E-state index is 12.1. The largest absolute Gasteiger partial charge is 0.497 e. The van der Waals surface area contributed by atoms with E-state index in [1.807, 2.05) is 29.2 Å². The molecule has 0 bridgehead atoms. The summed E-state index contributed by atoms with van der Waals surface area (Å²) < 4.78 is 5.27. The lowest BCUT2D eigenvalue weighted by Gasteiger charge is -2.31. The number of carbonyl (C=O) groups is 1. The lowest BCUT2D eigenvalue weighted by Crippen LogP contribution is -2.39. The zero-order valence-electron chi connectivity index (χ0n) is 11.4. The number of ether oxygens (including phenoxy) is 1. The van der Waals surface area contributed by atoms with Gasteiger partial charge in [-0.2, -0.15) is 0 Å². The third kappa shape index (κ3) is 2.32. The van der Waals surface area contributed by atoms with Gasteiger partial charge in [0.1, 0.15) is 11.9 Å². The van der Waals surface area contributed by atoms with Crippen LogP contribution in [0.5, 0.6) is 5.75 Å². The van der Waals surface area contributed by atoms with Crippen molar-refractivity contribution in [3.05, 3.63) is 29.8 Å². The highest BCUT2D eigenvalue weighted by Gasteiger charge is 2.41.